The molecule has 3 fully saturated rings. The van der Waals surface area contributed by atoms with E-state index in [9.17, 15) is 14.7 Å². The Labute approximate surface area is 129 Å². The lowest BCUT2D eigenvalue weighted by atomic mass is 9.79. The highest BCUT2D eigenvalue weighted by atomic mass is 16.3. The molecule has 1 aromatic rings. The van der Waals surface area contributed by atoms with Crippen molar-refractivity contribution in [3.05, 3.63) is 29.3 Å². The molecule has 5 atom stereocenters. The van der Waals surface area contributed by atoms with Gasteiger partial charge in [0.2, 0.25) is 0 Å². The normalized spacial score (nSPS) is 35.4. The molecule has 0 heterocycles. The van der Waals surface area contributed by atoms with E-state index in [0.29, 0.717) is 17.8 Å². The molecule has 4 heteroatoms. The van der Waals surface area contributed by atoms with E-state index in [2.05, 4.69) is 5.32 Å². The lowest BCUT2D eigenvalue weighted by Gasteiger charge is -2.32. The SMILES string of the molecule is O=Cc1cc(C(=O)NC2CC3CC2C2CCCC32)ccc1O. The molecule has 4 nitrogen and oxygen atoms in total. The third-order valence-electron chi connectivity index (χ3n) is 6.16. The zero-order valence-electron chi connectivity index (χ0n) is 12.5. The van der Waals surface area contributed by atoms with Gasteiger partial charge in [-0.15, -0.1) is 0 Å². The quantitative estimate of drug-likeness (QED) is 0.843. The fourth-order valence-electron chi connectivity index (χ4n) is 5.28. The van der Waals surface area contributed by atoms with Crippen LogP contribution in [0.2, 0.25) is 0 Å². The van der Waals surface area contributed by atoms with Crippen molar-refractivity contribution >= 4 is 12.2 Å². The highest BCUT2D eigenvalue weighted by Crippen LogP contribution is 2.58. The van der Waals surface area contributed by atoms with Crippen LogP contribution < -0.4 is 5.32 Å². The summed E-state index contributed by atoms with van der Waals surface area (Å²) in [5.74, 6) is 2.95. The maximum Gasteiger partial charge on any atom is 0.251 e. The van der Waals surface area contributed by atoms with Crippen molar-refractivity contribution in [3.63, 3.8) is 0 Å². The van der Waals surface area contributed by atoms with E-state index in [1.165, 1.54) is 37.8 Å². The monoisotopic (exact) mass is 299 g/mol. The number of phenols is 1. The largest absolute Gasteiger partial charge is 0.507 e. The van der Waals surface area contributed by atoms with Gasteiger partial charge >= 0.3 is 0 Å². The minimum absolute atomic E-state index is 0.0831. The minimum Gasteiger partial charge on any atom is -0.507 e. The Bertz CT molecular complexity index is 627. The van der Waals surface area contributed by atoms with Crippen LogP contribution in [0.15, 0.2) is 18.2 Å². The molecule has 2 N–H and O–H groups in total. The van der Waals surface area contributed by atoms with Crippen LogP contribution in [0.3, 0.4) is 0 Å². The van der Waals surface area contributed by atoms with Gasteiger partial charge in [0.25, 0.3) is 5.91 Å². The number of rotatable bonds is 3. The number of carbonyl (C=O) groups is 2. The Kier molecular flexibility index (Phi) is 3.21. The Balaban J connectivity index is 1.48. The molecule has 5 unspecified atom stereocenters. The first-order valence-electron chi connectivity index (χ1n) is 8.26. The molecule has 3 aliphatic rings. The Morgan fingerprint density at radius 3 is 2.82 bits per heavy atom. The van der Waals surface area contributed by atoms with E-state index in [0.717, 1.165) is 24.2 Å². The molecular formula is C18H21NO3. The molecule has 0 radical (unpaired) electrons. The van der Waals surface area contributed by atoms with Gasteiger partial charge in [0.1, 0.15) is 5.75 Å². The van der Waals surface area contributed by atoms with Gasteiger partial charge in [-0.05, 0) is 67.6 Å². The Hall–Kier alpha value is -1.84. The van der Waals surface area contributed by atoms with E-state index in [1.54, 1.807) is 6.07 Å². The van der Waals surface area contributed by atoms with Gasteiger partial charge in [0.15, 0.2) is 6.29 Å². The molecule has 0 spiro atoms. The van der Waals surface area contributed by atoms with Crippen molar-refractivity contribution in [2.45, 2.75) is 38.1 Å². The van der Waals surface area contributed by atoms with Crippen LogP contribution in [0, 0.1) is 23.7 Å². The van der Waals surface area contributed by atoms with Gasteiger partial charge in [-0.25, -0.2) is 0 Å². The number of hydrogen-bond donors (Lipinski definition) is 2. The van der Waals surface area contributed by atoms with Crippen LogP contribution in [0.1, 0.15) is 52.8 Å². The van der Waals surface area contributed by atoms with Crippen LogP contribution in [0.4, 0.5) is 0 Å². The molecule has 1 amide bonds. The van der Waals surface area contributed by atoms with Gasteiger partial charge in [-0.1, -0.05) is 6.42 Å². The number of nitrogens with one attached hydrogen (secondary N) is 1. The fourth-order valence-corrected chi connectivity index (χ4v) is 5.28. The first kappa shape index (κ1) is 13.8. The van der Waals surface area contributed by atoms with Crippen LogP contribution in [-0.2, 0) is 0 Å². The lowest BCUT2D eigenvalue weighted by Crippen LogP contribution is -2.42. The standard InChI is InChI=1S/C18H21NO3/c20-9-12-6-10(4-5-17(12)21)18(22)19-16-8-11-7-15(16)14-3-1-2-13(11)14/h4-6,9,11,13-16,21H,1-3,7-8H2,(H,19,22). The summed E-state index contributed by atoms with van der Waals surface area (Å²) in [5.41, 5.74) is 0.613. The topological polar surface area (TPSA) is 66.4 Å². The number of amides is 1. The highest BCUT2D eigenvalue weighted by molar-refractivity contribution is 5.96. The van der Waals surface area contributed by atoms with E-state index < -0.39 is 0 Å². The maximum atomic E-state index is 12.4. The van der Waals surface area contributed by atoms with E-state index in [-0.39, 0.29) is 23.3 Å². The molecule has 3 saturated carbocycles. The molecule has 2 bridgehead atoms. The average Bonchev–Trinajstić information content (AvgIpc) is 3.19. The van der Waals surface area contributed by atoms with Crippen molar-refractivity contribution in [1.29, 1.82) is 0 Å². The van der Waals surface area contributed by atoms with Crippen molar-refractivity contribution in [2.75, 3.05) is 0 Å². The van der Waals surface area contributed by atoms with Crippen LogP contribution in [0.5, 0.6) is 5.75 Å². The van der Waals surface area contributed by atoms with Gasteiger partial charge < -0.3 is 10.4 Å². The molecule has 22 heavy (non-hydrogen) atoms. The second kappa shape index (κ2) is 5.11. The number of aldehydes is 1. The number of benzene rings is 1. The number of hydrogen-bond acceptors (Lipinski definition) is 3. The third-order valence-corrected chi connectivity index (χ3v) is 6.16. The molecule has 4 rings (SSSR count). The zero-order chi connectivity index (χ0) is 15.3. The second-order valence-electron chi connectivity index (χ2n) is 7.13. The van der Waals surface area contributed by atoms with Crippen molar-refractivity contribution < 1.29 is 14.7 Å². The van der Waals surface area contributed by atoms with Crippen molar-refractivity contribution in [1.82, 2.24) is 5.32 Å². The fraction of sp³-hybridized carbons (Fsp3) is 0.556. The Morgan fingerprint density at radius 2 is 2.00 bits per heavy atom. The first-order chi connectivity index (χ1) is 10.7. The van der Waals surface area contributed by atoms with Gasteiger partial charge in [-0.3, -0.25) is 9.59 Å². The lowest BCUT2D eigenvalue weighted by molar-refractivity contribution is 0.0901. The number of carbonyl (C=O) groups excluding carboxylic acids is 2. The summed E-state index contributed by atoms with van der Waals surface area (Å²) in [6.07, 6.45) is 7.02. The summed E-state index contributed by atoms with van der Waals surface area (Å²) < 4.78 is 0. The summed E-state index contributed by atoms with van der Waals surface area (Å²) in [6, 6.07) is 4.73. The van der Waals surface area contributed by atoms with Crippen LogP contribution in [-0.4, -0.2) is 23.3 Å². The zero-order valence-corrected chi connectivity index (χ0v) is 12.5. The van der Waals surface area contributed by atoms with Gasteiger partial charge in [0, 0.05) is 11.6 Å². The summed E-state index contributed by atoms with van der Waals surface area (Å²) in [4.78, 5) is 23.3. The number of aromatic hydroxyl groups is 1. The van der Waals surface area contributed by atoms with Gasteiger partial charge in [-0.2, -0.15) is 0 Å². The molecule has 1 aromatic carbocycles. The average molecular weight is 299 g/mol. The molecule has 0 aliphatic heterocycles. The molecule has 0 saturated heterocycles. The molecule has 3 aliphatic carbocycles. The van der Waals surface area contributed by atoms with E-state index in [4.69, 9.17) is 0 Å². The first-order valence-corrected chi connectivity index (χ1v) is 8.26. The summed E-state index contributed by atoms with van der Waals surface area (Å²) in [7, 11) is 0. The summed E-state index contributed by atoms with van der Waals surface area (Å²) in [6.45, 7) is 0. The van der Waals surface area contributed by atoms with E-state index >= 15 is 0 Å². The summed E-state index contributed by atoms with van der Waals surface area (Å²) in [5, 5.41) is 12.7. The highest BCUT2D eigenvalue weighted by Gasteiger charge is 2.54. The third kappa shape index (κ3) is 2.04. The molecule has 116 valence electrons. The number of fused-ring (bicyclic) bond motifs is 5. The van der Waals surface area contributed by atoms with Crippen LogP contribution >= 0.6 is 0 Å². The molecular weight excluding hydrogens is 278 g/mol. The smallest absolute Gasteiger partial charge is 0.251 e. The molecule has 0 aromatic heterocycles. The maximum absolute atomic E-state index is 12.4. The minimum atomic E-state index is -0.129. The predicted molar refractivity (Wildman–Crippen MR) is 81.8 cm³/mol. The van der Waals surface area contributed by atoms with Crippen LogP contribution in [0.25, 0.3) is 0 Å². The van der Waals surface area contributed by atoms with E-state index in [1.807, 2.05) is 0 Å². The Morgan fingerprint density at radius 1 is 1.18 bits per heavy atom. The number of phenolic OH excluding ortho intramolecular Hbond substituents is 1. The predicted octanol–water partition coefficient (Wildman–Crippen LogP) is 2.76. The second-order valence-corrected chi connectivity index (χ2v) is 7.13. The van der Waals surface area contributed by atoms with Gasteiger partial charge in [0.05, 0.1) is 5.56 Å². The van der Waals surface area contributed by atoms with Crippen molar-refractivity contribution in [3.8, 4) is 5.75 Å². The summed E-state index contributed by atoms with van der Waals surface area (Å²) >= 11 is 0. The van der Waals surface area contributed by atoms with Crippen molar-refractivity contribution in [2.24, 2.45) is 23.7 Å².